The summed E-state index contributed by atoms with van der Waals surface area (Å²) in [5.41, 5.74) is 3.99. The van der Waals surface area contributed by atoms with Gasteiger partial charge in [0.25, 0.3) is 0 Å². The fourth-order valence-electron chi connectivity index (χ4n) is 3.56. The van der Waals surface area contributed by atoms with E-state index in [1.807, 2.05) is 24.3 Å². The molecule has 2 heterocycles. The van der Waals surface area contributed by atoms with E-state index in [1.54, 1.807) is 23.1 Å². The van der Waals surface area contributed by atoms with Crippen LogP contribution in [0, 0.1) is 11.3 Å². The molecule has 1 aliphatic carbocycles. The molecule has 4 nitrogen and oxygen atoms in total. The number of nitriles is 1. The predicted molar refractivity (Wildman–Crippen MR) is 122 cm³/mol. The molecule has 0 unspecified atom stereocenters. The average Bonchev–Trinajstić information content (AvgIpc) is 3.34. The lowest BCUT2D eigenvalue weighted by Crippen LogP contribution is -2.03. The van der Waals surface area contributed by atoms with Crippen LogP contribution in [0.3, 0.4) is 0 Å². The zero-order chi connectivity index (χ0) is 20.3. The zero-order valence-electron chi connectivity index (χ0n) is 16.4. The van der Waals surface area contributed by atoms with Crippen LogP contribution in [0.1, 0.15) is 40.7 Å². The van der Waals surface area contributed by atoms with Crippen LogP contribution >= 0.6 is 23.1 Å². The highest BCUT2D eigenvalue weighted by Crippen LogP contribution is 2.40. The van der Waals surface area contributed by atoms with Gasteiger partial charge in [-0.15, -0.1) is 21.5 Å². The van der Waals surface area contributed by atoms with Crippen LogP contribution in [-0.2, 0) is 12.2 Å². The van der Waals surface area contributed by atoms with Crippen LogP contribution in [0.4, 0.5) is 0 Å². The summed E-state index contributed by atoms with van der Waals surface area (Å²) in [4.78, 5) is 1.33. The van der Waals surface area contributed by atoms with Gasteiger partial charge in [0.05, 0.1) is 11.6 Å². The number of nitrogens with zero attached hydrogens (tertiary/aromatic N) is 4. The maximum Gasteiger partial charge on any atom is 0.191 e. The van der Waals surface area contributed by atoms with Gasteiger partial charge in [-0.1, -0.05) is 60.3 Å². The van der Waals surface area contributed by atoms with Gasteiger partial charge in [-0.2, -0.15) is 5.26 Å². The zero-order valence-corrected chi connectivity index (χ0v) is 18.0. The fraction of sp³-hybridized carbons (Fsp3) is 0.208. The molecule has 0 N–H and O–H groups in total. The molecule has 0 spiro atoms. The first kappa shape index (κ1) is 19.1. The molecule has 4 aromatic rings. The molecular weight excluding hydrogens is 408 g/mol. The summed E-state index contributed by atoms with van der Waals surface area (Å²) in [6, 6.07) is 23.3. The van der Waals surface area contributed by atoms with E-state index in [1.165, 1.54) is 23.3 Å². The molecule has 0 bridgehead atoms. The number of rotatable bonds is 7. The smallest absolute Gasteiger partial charge is 0.191 e. The van der Waals surface area contributed by atoms with E-state index in [0.717, 1.165) is 34.3 Å². The Morgan fingerprint density at radius 1 is 1.03 bits per heavy atom. The van der Waals surface area contributed by atoms with Gasteiger partial charge < -0.3 is 4.57 Å². The number of thioether (sulfide) groups is 1. The minimum Gasteiger partial charge on any atom is -0.303 e. The molecule has 0 amide bonds. The molecule has 6 heteroatoms. The molecule has 0 radical (unpaired) electrons. The molecule has 1 aliphatic rings. The summed E-state index contributed by atoms with van der Waals surface area (Å²) in [6.07, 6.45) is 3.29. The predicted octanol–water partition coefficient (Wildman–Crippen LogP) is 6.10. The van der Waals surface area contributed by atoms with Crippen molar-refractivity contribution in [3.05, 3.63) is 87.9 Å². The van der Waals surface area contributed by atoms with Gasteiger partial charge in [0, 0.05) is 23.1 Å². The van der Waals surface area contributed by atoms with Crippen molar-refractivity contribution in [1.29, 1.82) is 5.26 Å². The van der Waals surface area contributed by atoms with Crippen molar-refractivity contribution >= 4 is 23.1 Å². The van der Waals surface area contributed by atoms with E-state index in [2.05, 4.69) is 62.6 Å². The van der Waals surface area contributed by atoms with Crippen molar-refractivity contribution < 1.29 is 0 Å². The Kier molecular flexibility index (Phi) is 5.39. The standard InChI is InChI=1S/C24H20N4S2/c25-15-19-4-1-2-6-22(19)18-9-7-17(8-10-18)16-30-24-27-26-23(28(24)20-11-12-20)14-21-5-3-13-29-21/h1-10,13,20H,11-12,14,16H2. The molecule has 2 aromatic carbocycles. The minimum atomic E-state index is 0.558. The van der Waals surface area contributed by atoms with Crippen molar-refractivity contribution in [3.63, 3.8) is 0 Å². The second kappa shape index (κ2) is 8.47. The van der Waals surface area contributed by atoms with Crippen LogP contribution in [0.2, 0.25) is 0 Å². The summed E-state index contributed by atoms with van der Waals surface area (Å²) in [6.45, 7) is 0. The molecular formula is C24H20N4S2. The first-order valence-corrected chi connectivity index (χ1v) is 11.9. The lowest BCUT2D eigenvalue weighted by molar-refractivity contribution is 0.635. The van der Waals surface area contributed by atoms with Crippen LogP contribution in [-0.4, -0.2) is 14.8 Å². The quantitative estimate of drug-likeness (QED) is 0.334. The maximum atomic E-state index is 9.34. The van der Waals surface area contributed by atoms with E-state index >= 15 is 0 Å². The second-order valence-electron chi connectivity index (χ2n) is 7.40. The molecule has 30 heavy (non-hydrogen) atoms. The largest absolute Gasteiger partial charge is 0.303 e. The van der Waals surface area contributed by atoms with E-state index in [-0.39, 0.29) is 0 Å². The molecule has 5 rings (SSSR count). The summed E-state index contributed by atoms with van der Waals surface area (Å²) in [5.74, 6) is 1.93. The number of hydrogen-bond acceptors (Lipinski definition) is 5. The Morgan fingerprint density at radius 3 is 2.60 bits per heavy atom. The Hall–Kier alpha value is -2.88. The number of hydrogen-bond donors (Lipinski definition) is 0. The number of thiophene rings is 1. The summed E-state index contributed by atoms with van der Waals surface area (Å²) >= 11 is 3.52. The van der Waals surface area contributed by atoms with E-state index < -0.39 is 0 Å². The van der Waals surface area contributed by atoms with E-state index in [9.17, 15) is 5.26 Å². The van der Waals surface area contributed by atoms with Crippen LogP contribution in [0.25, 0.3) is 11.1 Å². The molecule has 148 valence electrons. The third kappa shape index (κ3) is 4.04. The van der Waals surface area contributed by atoms with Gasteiger partial charge in [-0.3, -0.25) is 0 Å². The highest BCUT2D eigenvalue weighted by Gasteiger charge is 2.29. The molecule has 0 aliphatic heterocycles. The van der Waals surface area contributed by atoms with Crippen molar-refractivity contribution in [2.24, 2.45) is 0 Å². The van der Waals surface area contributed by atoms with Gasteiger partial charge in [-0.05, 0) is 47.0 Å². The number of aromatic nitrogens is 3. The summed E-state index contributed by atoms with van der Waals surface area (Å²) in [5, 5.41) is 21.5. The Balaban J connectivity index is 1.31. The molecule has 0 atom stereocenters. The van der Waals surface area contributed by atoms with Crippen molar-refractivity contribution in [1.82, 2.24) is 14.8 Å². The van der Waals surface area contributed by atoms with Crippen LogP contribution in [0.5, 0.6) is 0 Å². The normalized spacial score (nSPS) is 13.3. The van der Waals surface area contributed by atoms with Crippen molar-refractivity contribution in [2.75, 3.05) is 0 Å². The van der Waals surface area contributed by atoms with Gasteiger partial charge in [0.1, 0.15) is 5.82 Å². The first-order valence-electron chi connectivity index (χ1n) is 9.99. The Labute approximate surface area is 184 Å². The van der Waals surface area contributed by atoms with Crippen LogP contribution < -0.4 is 0 Å². The fourth-order valence-corrected chi connectivity index (χ4v) is 5.24. The van der Waals surface area contributed by atoms with Crippen molar-refractivity contribution in [3.8, 4) is 17.2 Å². The average molecular weight is 429 g/mol. The van der Waals surface area contributed by atoms with Crippen LogP contribution in [0.15, 0.2) is 71.2 Å². The molecule has 0 saturated heterocycles. The molecule has 2 aromatic heterocycles. The minimum absolute atomic E-state index is 0.558. The van der Waals surface area contributed by atoms with Gasteiger partial charge >= 0.3 is 0 Å². The lowest BCUT2D eigenvalue weighted by atomic mass is 10.00. The molecule has 1 saturated carbocycles. The number of benzene rings is 2. The topological polar surface area (TPSA) is 54.5 Å². The summed E-state index contributed by atoms with van der Waals surface area (Å²) in [7, 11) is 0. The maximum absolute atomic E-state index is 9.34. The molecule has 1 fully saturated rings. The van der Waals surface area contributed by atoms with Gasteiger partial charge in [0.2, 0.25) is 0 Å². The Bertz CT molecular complexity index is 1180. The third-order valence-corrected chi connectivity index (χ3v) is 7.13. The van der Waals surface area contributed by atoms with Gasteiger partial charge in [0.15, 0.2) is 5.16 Å². The summed E-state index contributed by atoms with van der Waals surface area (Å²) < 4.78 is 2.35. The highest BCUT2D eigenvalue weighted by molar-refractivity contribution is 7.98. The monoisotopic (exact) mass is 428 g/mol. The third-order valence-electron chi connectivity index (χ3n) is 5.24. The second-order valence-corrected chi connectivity index (χ2v) is 9.37. The van der Waals surface area contributed by atoms with Gasteiger partial charge in [-0.25, -0.2) is 0 Å². The first-order chi connectivity index (χ1) is 14.8. The lowest BCUT2D eigenvalue weighted by Gasteiger charge is -2.09. The van der Waals surface area contributed by atoms with E-state index in [0.29, 0.717) is 11.6 Å². The Morgan fingerprint density at radius 2 is 1.87 bits per heavy atom. The van der Waals surface area contributed by atoms with Crippen molar-refractivity contribution in [2.45, 2.75) is 36.2 Å². The van der Waals surface area contributed by atoms with E-state index in [4.69, 9.17) is 0 Å². The highest BCUT2D eigenvalue weighted by atomic mass is 32.2. The SMILES string of the molecule is N#Cc1ccccc1-c1ccc(CSc2nnc(Cc3cccs3)n2C2CC2)cc1.